The average Bonchev–Trinajstić information content (AvgIpc) is 3.50. The molecule has 8 nitrogen and oxygen atoms in total. The summed E-state index contributed by atoms with van der Waals surface area (Å²) in [5.41, 5.74) is -0.952. The van der Waals surface area contributed by atoms with Crippen LogP contribution in [-0.2, 0) is 25.7 Å². The molecule has 3 unspecified atom stereocenters. The van der Waals surface area contributed by atoms with Crippen molar-refractivity contribution < 1.29 is 24.2 Å². The lowest BCUT2D eigenvalue weighted by Crippen LogP contribution is -2.58. The van der Waals surface area contributed by atoms with Gasteiger partial charge in [0.25, 0.3) is 0 Å². The van der Waals surface area contributed by atoms with Gasteiger partial charge in [0.05, 0.1) is 17.4 Å². The molecule has 0 aliphatic carbocycles. The summed E-state index contributed by atoms with van der Waals surface area (Å²) in [4.78, 5) is 48.1. The normalized spacial score (nSPS) is 29.2. The molecule has 1 aromatic rings. The van der Waals surface area contributed by atoms with Crippen molar-refractivity contribution in [1.29, 1.82) is 0 Å². The number of nitrogens with zero attached hydrogens (tertiary/aromatic N) is 3. The van der Waals surface area contributed by atoms with Crippen LogP contribution in [0.15, 0.2) is 55.6 Å². The minimum Gasteiger partial charge on any atom is -0.396 e. The molecular weight excluding hydrogens is 506 g/mol. The summed E-state index contributed by atoms with van der Waals surface area (Å²) in [5, 5.41) is 9.63. The highest BCUT2D eigenvalue weighted by atomic mass is 16.5. The number of hydrogen-bond acceptors (Lipinski definition) is 5. The summed E-state index contributed by atoms with van der Waals surface area (Å²) in [6, 6.07) is 8.87. The summed E-state index contributed by atoms with van der Waals surface area (Å²) < 4.78 is 6.79. The monoisotopic (exact) mass is 551 g/mol. The molecule has 3 saturated heterocycles. The van der Waals surface area contributed by atoms with E-state index in [2.05, 4.69) is 20.1 Å². The molecule has 3 aliphatic rings. The fourth-order valence-corrected chi connectivity index (χ4v) is 7.31. The van der Waals surface area contributed by atoms with Crippen LogP contribution < -0.4 is 0 Å². The third kappa shape index (κ3) is 5.12. The molecule has 1 aromatic carbocycles. The predicted molar refractivity (Wildman–Crippen MR) is 154 cm³/mol. The fourth-order valence-electron chi connectivity index (χ4n) is 7.31. The third-order valence-corrected chi connectivity index (χ3v) is 9.06. The van der Waals surface area contributed by atoms with Crippen molar-refractivity contribution >= 4 is 17.7 Å². The van der Waals surface area contributed by atoms with Crippen LogP contribution in [0.25, 0.3) is 0 Å². The zero-order valence-corrected chi connectivity index (χ0v) is 24.3. The molecule has 3 amide bonds. The van der Waals surface area contributed by atoms with Gasteiger partial charge < -0.3 is 24.5 Å². The van der Waals surface area contributed by atoms with E-state index in [1.165, 1.54) is 0 Å². The van der Waals surface area contributed by atoms with Crippen molar-refractivity contribution in [1.82, 2.24) is 14.7 Å². The Morgan fingerprint density at radius 2 is 1.88 bits per heavy atom. The minimum atomic E-state index is -1.09. The number of fused-ring (bicyclic) bond motifs is 1. The van der Waals surface area contributed by atoms with Crippen LogP contribution in [0, 0.1) is 11.8 Å². The largest absolute Gasteiger partial charge is 0.396 e. The van der Waals surface area contributed by atoms with Gasteiger partial charge >= 0.3 is 0 Å². The molecule has 6 atom stereocenters. The first-order valence-electron chi connectivity index (χ1n) is 14.7. The number of rotatable bonds is 14. The Hall–Kier alpha value is -2.97. The number of ether oxygens (including phenoxy) is 1. The molecule has 2 bridgehead atoms. The SMILES string of the molecule is C=CCN(Cc1ccccc1)C(=O)[C@H]1[C@H]2C(=O)N(CCCO)C(C(=O)N(CC=C)C(C)CCC)C23CC[C@]1(C)O3. The zero-order valence-electron chi connectivity index (χ0n) is 24.3. The molecule has 3 fully saturated rings. The Bertz CT molecular complexity index is 1110. The topological polar surface area (TPSA) is 90.4 Å². The van der Waals surface area contributed by atoms with Crippen LogP contribution in [0.1, 0.15) is 58.4 Å². The van der Waals surface area contributed by atoms with E-state index in [-0.39, 0.29) is 36.9 Å². The molecule has 0 radical (unpaired) electrons. The highest BCUT2D eigenvalue weighted by Gasteiger charge is 2.78. The van der Waals surface area contributed by atoms with E-state index in [1.54, 1.807) is 26.9 Å². The van der Waals surface area contributed by atoms with Crippen molar-refractivity contribution in [3.8, 4) is 0 Å². The maximum Gasteiger partial charge on any atom is 0.248 e. The first-order valence-corrected chi connectivity index (χ1v) is 14.7. The number of carbonyl (C=O) groups is 3. The molecule has 0 saturated carbocycles. The summed E-state index contributed by atoms with van der Waals surface area (Å²) in [6.07, 6.45) is 6.61. The number of aliphatic hydroxyl groups is 1. The molecule has 3 heterocycles. The molecule has 218 valence electrons. The zero-order chi connectivity index (χ0) is 29.1. The second-order valence-electron chi connectivity index (χ2n) is 11.7. The number of aliphatic hydroxyl groups excluding tert-OH is 1. The van der Waals surface area contributed by atoms with Crippen molar-refractivity contribution in [3.05, 3.63) is 61.2 Å². The van der Waals surface area contributed by atoms with Gasteiger partial charge in [-0.3, -0.25) is 14.4 Å². The van der Waals surface area contributed by atoms with Crippen LogP contribution in [-0.4, -0.2) is 87.1 Å². The fraction of sp³-hybridized carbons (Fsp3) is 0.594. The van der Waals surface area contributed by atoms with Crippen molar-refractivity contribution in [2.75, 3.05) is 26.2 Å². The standard InChI is InChI=1S/C32H45N3O5/c1-6-13-23(4)34(19-8-3)30(39)27-32-17-16-31(5,40-32)25(26(32)29(38)35(27)20-12-21-36)28(37)33(18-7-2)22-24-14-10-9-11-15-24/h7-11,14-15,23,25-27,36H,2-3,6,12-13,16-22H2,1,4-5H3/t23?,25-,26+,27?,31+,32?/m1/s1. The summed E-state index contributed by atoms with van der Waals surface area (Å²) in [5.74, 6) is -2.02. The van der Waals surface area contributed by atoms with E-state index in [0.29, 0.717) is 38.9 Å². The number of carbonyl (C=O) groups excluding carboxylic acids is 3. The molecule has 8 heteroatoms. The van der Waals surface area contributed by atoms with Gasteiger partial charge in [-0.25, -0.2) is 0 Å². The number of likely N-dealkylation sites (tertiary alicyclic amines) is 1. The quantitative estimate of drug-likeness (QED) is 0.357. The van der Waals surface area contributed by atoms with Gasteiger partial charge in [0, 0.05) is 38.8 Å². The summed E-state index contributed by atoms with van der Waals surface area (Å²) >= 11 is 0. The molecule has 4 rings (SSSR count). The maximum absolute atomic E-state index is 14.4. The first-order chi connectivity index (χ1) is 19.2. The predicted octanol–water partition coefficient (Wildman–Crippen LogP) is 3.55. The van der Waals surface area contributed by atoms with E-state index in [4.69, 9.17) is 4.74 Å². The van der Waals surface area contributed by atoms with Gasteiger partial charge in [0.1, 0.15) is 11.6 Å². The third-order valence-electron chi connectivity index (χ3n) is 9.06. The van der Waals surface area contributed by atoms with Crippen molar-refractivity contribution in [2.45, 2.75) is 82.7 Å². The summed E-state index contributed by atoms with van der Waals surface area (Å²) in [6.45, 7) is 15.0. The maximum atomic E-state index is 14.4. The lowest BCUT2D eigenvalue weighted by molar-refractivity contribution is -0.154. The van der Waals surface area contributed by atoms with Gasteiger partial charge in [0.15, 0.2) is 0 Å². The Kier molecular flexibility index (Phi) is 9.20. The van der Waals surface area contributed by atoms with E-state index in [9.17, 15) is 19.5 Å². The van der Waals surface area contributed by atoms with Crippen molar-refractivity contribution in [2.24, 2.45) is 11.8 Å². The molecule has 1 N–H and O–H groups in total. The van der Waals surface area contributed by atoms with E-state index in [0.717, 1.165) is 18.4 Å². The number of amides is 3. The van der Waals surface area contributed by atoms with Gasteiger partial charge in [-0.2, -0.15) is 0 Å². The highest BCUT2D eigenvalue weighted by Crippen LogP contribution is 2.63. The van der Waals surface area contributed by atoms with Gasteiger partial charge in [-0.1, -0.05) is 55.8 Å². The summed E-state index contributed by atoms with van der Waals surface area (Å²) in [7, 11) is 0. The van der Waals surface area contributed by atoms with Crippen LogP contribution in [0.2, 0.25) is 0 Å². The van der Waals surface area contributed by atoms with Gasteiger partial charge in [-0.15, -0.1) is 13.2 Å². The molecular formula is C32H45N3O5. The second-order valence-corrected chi connectivity index (χ2v) is 11.7. The number of hydrogen-bond donors (Lipinski definition) is 1. The van der Waals surface area contributed by atoms with Crippen LogP contribution in [0.3, 0.4) is 0 Å². The van der Waals surface area contributed by atoms with Crippen LogP contribution >= 0.6 is 0 Å². The van der Waals surface area contributed by atoms with Crippen molar-refractivity contribution in [3.63, 3.8) is 0 Å². The second kappa shape index (κ2) is 12.3. The Morgan fingerprint density at radius 1 is 1.18 bits per heavy atom. The Morgan fingerprint density at radius 3 is 2.50 bits per heavy atom. The lowest BCUT2D eigenvalue weighted by atomic mass is 9.66. The van der Waals surface area contributed by atoms with E-state index in [1.807, 2.05) is 44.2 Å². The van der Waals surface area contributed by atoms with E-state index < -0.39 is 29.1 Å². The van der Waals surface area contributed by atoms with E-state index >= 15 is 0 Å². The molecule has 3 aliphatic heterocycles. The Labute approximate surface area is 238 Å². The highest BCUT2D eigenvalue weighted by molar-refractivity contribution is 5.99. The molecule has 40 heavy (non-hydrogen) atoms. The van der Waals surface area contributed by atoms with Gasteiger partial charge in [0.2, 0.25) is 17.7 Å². The number of benzene rings is 1. The molecule has 0 aromatic heterocycles. The average molecular weight is 552 g/mol. The van der Waals surface area contributed by atoms with Gasteiger partial charge in [-0.05, 0) is 45.1 Å². The minimum absolute atomic E-state index is 0.0404. The smallest absolute Gasteiger partial charge is 0.248 e. The first kappa shape index (κ1) is 30.0. The molecule has 1 spiro atoms. The lowest BCUT2D eigenvalue weighted by Gasteiger charge is -2.39. The van der Waals surface area contributed by atoms with Crippen LogP contribution in [0.4, 0.5) is 0 Å². The van der Waals surface area contributed by atoms with Crippen LogP contribution in [0.5, 0.6) is 0 Å². The Balaban J connectivity index is 1.74.